The minimum atomic E-state index is -4.06. The first kappa shape index (κ1) is 29.1. The maximum Gasteiger partial charge on any atom is 0.321 e. The Bertz CT molecular complexity index is 1670. The van der Waals surface area contributed by atoms with Crippen molar-refractivity contribution < 1.29 is 27.5 Å². The Morgan fingerprint density at radius 3 is 2.22 bits per heavy atom. The number of aromatic nitrogens is 2. The molecule has 1 aromatic heterocycles. The molecule has 11 nitrogen and oxygen atoms in total. The Morgan fingerprint density at radius 1 is 0.878 bits per heavy atom. The van der Waals surface area contributed by atoms with Gasteiger partial charge >= 0.3 is 6.01 Å². The number of nitrogens with one attached hydrogen (secondary N) is 3. The third-order valence-electron chi connectivity index (χ3n) is 5.47. The number of anilines is 2. The second-order valence-corrected chi connectivity index (χ2v) is 10.4. The summed E-state index contributed by atoms with van der Waals surface area (Å²) in [6, 6.07) is 21.8. The molecule has 0 saturated carbocycles. The summed E-state index contributed by atoms with van der Waals surface area (Å²) in [6.45, 7) is 0. The molecule has 3 N–H and O–H groups in total. The largest absolute Gasteiger partial charge is 0.481 e. The van der Waals surface area contributed by atoms with Crippen LogP contribution in [0, 0.1) is 0 Å². The van der Waals surface area contributed by atoms with E-state index in [0.29, 0.717) is 16.1 Å². The Hall–Kier alpha value is -4.94. The van der Waals surface area contributed by atoms with Gasteiger partial charge in [0, 0.05) is 22.3 Å². The van der Waals surface area contributed by atoms with Crippen LogP contribution in [0.15, 0.2) is 95.5 Å². The van der Waals surface area contributed by atoms with Gasteiger partial charge in [0.05, 0.1) is 19.1 Å². The highest BCUT2D eigenvalue weighted by Gasteiger charge is 2.19. The number of sulfonamides is 1. The first-order valence-corrected chi connectivity index (χ1v) is 13.8. The quantitative estimate of drug-likeness (QED) is 0.230. The molecule has 2 amide bonds. The molecule has 0 saturated heterocycles. The van der Waals surface area contributed by atoms with Crippen LogP contribution in [0.1, 0.15) is 15.9 Å². The molecule has 41 heavy (non-hydrogen) atoms. The molecule has 0 atom stereocenters. The highest BCUT2D eigenvalue weighted by atomic mass is 35.5. The van der Waals surface area contributed by atoms with Crippen LogP contribution in [0.2, 0.25) is 5.02 Å². The Labute approximate surface area is 241 Å². The van der Waals surface area contributed by atoms with E-state index in [1.807, 2.05) is 0 Å². The SMILES string of the molecule is COc1cc(NS(=O)(=O)c2ccc(NC(=O)/C(=C\c3ccccc3Cl)NC(=O)c3ccccc3)cc2)nc(OC)n1. The molecule has 0 fully saturated rings. The molecule has 4 aromatic rings. The summed E-state index contributed by atoms with van der Waals surface area (Å²) >= 11 is 6.27. The van der Waals surface area contributed by atoms with E-state index >= 15 is 0 Å². The van der Waals surface area contributed by atoms with Gasteiger partial charge in [0.2, 0.25) is 5.88 Å². The van der Waals surface area contributed by atoms with Gasteiger partial charge in [-0.3, -0.25) is 14.3 Å². The number of methoxy groups -OCH3 is 2. The van der Waals surface area contributed by atoms with E-state index in [9.17, 15) is 18.0 Å². The minimum absolute atomic E-state index is 0.0606. The summed E-state index contributed by atoms with van der Waals surface area (Å²) in [5.41, 5.74) is 1.07. The summed E-state index contributed by atoms with van der Waals surface area (Å²) in [6.07, 6.45) is 1.45. The topological polar surface area (TPSA) is 149 Å². The van der Waals surface area contributed by atoms with Crippen molar-refractivity contribution in [2.75, 3.05) is 24.3 Å². The molecule has 0 unspecified atom stereocenters. The van der Waals surface area contributed by atoms with E-state index < -0.39 is 21.8 Å². The van der Waals surface area contributed by atoms with Crippen molar-refractivity contribution in [2.24, 2.45) is 0 Å². The number of benzene rings is 3. The molecule has 0 bridgehead atoms. The fraction of sp³-hybridized carbons (Fsp3) is 0.0714. The van der Waals surface area contributed by atoms with E-state index in [-0.39, 0.29) is 34.0 Å². The molecule has 0 radical (unpaired) electrons. The zero-order chi connectivity index (χ0) is 29.4. The van der Waals surface area contributed by atoms with Crippen LogP contribution in [-0.4, -0.2) is 44.4 Å². The third-order valence-corrected chi connectivity index (χ3v) is 7.18. The smallest absolute Gasteiger partial charge is 0.321 e. The molecule has 1 heterocycles. The van der Waals surface area contributed by atoms with E-state index in [1.54, 1.807) is 54.6 Å². The average Bonchev–Trinajstić information content (AvgIpc) is 2.98. The highest BCUT2D eigenvalue weighted by Crippen LogP contribution is 2.22. The zero-order valence-corrected chi connectivity index (χ0v) is 23.4. The number of carbonyl (C=O) groups is 2. The van der Waals surface area contributed by atoms with Crippen LogP contribution in [-0.2, 0) is 14.8 Å². The van der Waals surface area contributed by atoms with Gasteiger partial charge < -0.3 is 20.1 Å². The van der Waals surface area contributed by atoms with Gasteiger partial charge in [-0.1, -0.05) is 48.0 Å². The Morgan fingerprint density at radius 2 is 1.56 bits per heavy atom. The molecule has 0 aliphatic rings. The van der Waals surface area contributed by atoms with E-state index in [2.05, 4.69) is 25.3 Å². The molecule has 13 heteroatoms. The van der Waals surface area contributed by atoms with Crippen LogP contribution in [0.3, 0.4) is 0 Å². The number of hydrogen-bond donors (Lipinski definition) is 3. The van der Waals surface area contributed by atoms with Crippen LogP contribution < -0.4 is 24.8 Å². The van der Waals surface area contributed by atoms with Gasteiger partial charge in [0.15, 0.2) is 5.82 Å². The standard InChI is InChI=1S/C28H24ClN5O6S/c1-39-25-17-24(32-28(33-25)40-2)34-41(37,38)21-14-12-20(13-15-21)30-27(36)23(16-19-10-6-7-11-22(19)29)31-26(35)18-8-4-3-5-9-18/h3-17H,1-2H3,(H,30,36)(H,31,35)(H,32,33,34)/b23-16+. The number of carbonyl (C=O) groups excluding carboxylic acids is 2. The lowest BCUT2D eigenvalue weighted by Crippen LogP contribution is -2.30. The molecular formula is C28H24ClN5O6S. The zero-order valence-electron chi connectivity index (χ0n) is 21.8. The fourth-order valence-corrected chi connectivity index (χ4v) is 4.64. The van der Waals surface area contributed by atoms with E-state index in [0.717, 1.165) is 0 Å². The van der Waals surface area contributed by atoms with Crippen molar-refractivity contribution >= 4 is 51.0 Å². The lowest BCUT2D eigenvalue weighted by Gasteiger charge is -2.13. The predicted octanol–water partition coefficient (Wildman–Crippen LogP) is 4.36. The maximum atomic E-state index is 13.2. The molecule has 0 aliphatic heterocycles. The first-order chi connectivity index (χ1) is 19.7. The summed E-state index contributed by atoms with van der Waals surface area (Å²) in [5, 5.41) is 5.67. The summed E-state index contributed by atoms with van der Waals surface area (Å²) < 4.78 is 38.2. The van der Waals surface area contributed by atoms with Gasteiger partial charge in [0.1, 0.15) is 5.70 Å². The number of hydrogen-bond acceptors (Lipinski definition) is 8. The summed E-state index contributed by atoms with van der Waals surface area (Å²) in [4.78, 5) is 33.8. The van der Waals surface area contributed by atoms with Gasteiger partial charge in [-0.05, 0) is 54.1 Å². The van der Waals surface area contributed by atoms with Crippen molar-refractivity contribution in [3.05, 3.63) is 107 Å². The first-order valence-electron chi connectivity index (χ1n) is 11.9. The maximum absolute atomic E-state index is 13.2. The predicted molar refractivity (Wildman–Crippen MR) is 154 cm³/mol. The number of ether oxygens (including phenoxy) is 2. The van der Waals surface area contributed by atoms with Gasteiger partial charge in [-0.25, -0.2) is 8.42 Å². The number of nitrogens with zero attached hydrogens (tertiary/aromatic N) is 2. The second kappa shape index (κ2) is 12.9. The lowest BCUT2D eigenvalue weighted by atomic mass is 10.1. The molecule has 4 rings (SSSR count). The van der Waals surface area contributed by atoms with Crippen molar-refractivity contribution in [1.29, 1.82) is 0 Å². The Kier molecular flexibility index (Phi) is 9.17. The summed E-state index contributed by atoms with van der Waals surface area (Å²) in [5.74, 6) is -1.10. The number of halogens is 1. The van der Waals surface area contributed by atoms with Crippen LogP contribution in [0.4, 0.5) is 11.5 Å². The summed E-state index contributed by atoms with van der Waals surface area (Å²) in [7, 11) is -1.36. The normalized spacial score (nSPS) is 11.3. The number of amides is 2. The van der Waals surface area contributed by atoms with Crippen molar-refractivity contribution in [3.63, 3.8) is 0 Å². The van der Waals surface area contributed by atoms with Gasteiger partial charge in [0.25, 0.3) is 21.8 Å². The minimum Gasteiger partial charge on any atom is -0.481 e. The van der Waals surface area contributed by atoms with Gasteiger partial charge in [-0.15, -0.1) is 0 Å². The number of rotatable bonds is 10. The van der Waals surface area contributed by atoms with Crippen LogP contribution in [0.5, 0.6) is 11.9 Å². The average molecular weight is 594 g/mol. The van der Waals surface area contributed by atoms with Crippen LogP contribution >= 0.6 is 11.6 Å². The van der Waals surface area contributed by atoms with E-state index in [1.165, 1.54) is 50.6 Å². The lowest BCUT2D eigenvalue weighted by molar-refractivity contribution is -0.113. The fourth-order valence-electron chi connectivity index (χ4n) is 3.45. The van der Waals surface area contributed by atoms with E-state index in [4.69, 9.17) is 21.1 Å². The molecule has 3 aromatic carbocycles. The van der Waals surface area contributed by atoms with Gasteiger partial charge in [-0.2, -0.15) is 9.97 Å². The highest BCUT2D eigenvalue weighted by molar-refractivity contribution is 7.92. The third kappa shape index (κ3) is 7.59. The molecular weight excluding hydrogens is 570 g/mol. The molecule has 0 aliphatic carbocycles. The van der Waals surface area contributed by atoms with Crippen LogP contribution in [0.25, 0.3) is 6.08 Å². The van der Waals surface area contributed by atoms with Crippen molar-refractivity contribution in [1.82, 2.24) is 15.3 Å². The monoisotopic (exact) mass is 593 g/mol. The Balaban J connectivity index is 1.54. The second-order valence-electron chi connectivity index (χ2n) is 8.27. The van der Waals surface area contributed by atoms with Crippen molar-refractivity contribution in [3.8, 4) is 11.9 Å². The molecule has 210 valence electrons. The molecule has 0 spiro atoms. The van der Waals surface area contributed by atoms with Crippen molar-refractivity contribution in [2.45, 2.75) is 4.90 Å².